The van der Waals surface area contributed by atoms with Crippen molar-refractivity contribution >= 4 is 5.97 Å². The lowest BCUT2D eigenvalue weighted by Crippen LogP contribution is -2.13. The number of aryl methyl sites for hydroxylation is 4. The minimum atomic E-state index is -0.337. The first-order valence-corrected chi connectivity index (χ1v) is 9.00. The molecule has 0 aliphatic heterocycles. The molecule has 0 amide bonds. The molecule has 0 atom stereocenters. The number of aromatic nitrogens is 3. The normalized spacial score (nSPS) is 13.0. The molecule has 5 heteroatoms. The number of fused-ring (bicyclic) bond motifs is 1. The molecule has 0 N–H and O–H groups in total. The van der Waals surface area contributed by atoms with Crippen LogP contribution in [-0.4, -0.2) is 20.3 Å². The van der Waals surface area contributed by atoms with Gasteiger partial charge < -0.3 is 9.30 Å². The maximum atomic E-state index is 12.8. The SMILES string of the molecule is Cc1ccc(C)n1-c1c(C(=O)OCc2cccc3c2CCC3)cnn1C. The number of hydrogen-bond donors (Lipinski definition) is 0. The number of benzene rings is 1. The Balaban J connectivity index is 1.60. The molecule has 1 aliphatic rings. The summed E-state index contributed by atoms with van der Waals surface area (Å²) in [4.78, 5) is 12.8. The summed E-state index contributed by atoms with van der Waals surface area (Å²) >= 11 is 0. The molecule has 0 bridgehead atoms. The lowest BCUT2D eigenvalue weighted by Gasteiger charge is -2.13. The highest BCUT2D eigenvalue weighted by Crippen LogP contribution is 2.26. The van der Waals surface area contributed by atoms with Crippen LogP contribution >= 0.6 is 0 Å². The molecule has 2 aromatic heterocycles. The highest BCUT2D eigenvalue weighted by Gasteiger charge is 2.22. The molecule has 0 fully saturated rings. The highest BCUT2D eigenvalue weighted by atomic mass is 16.5. The lowest BCUT2D eigenvalue weighted by atomic mass is 10.0. The largest absolute Gasteiger partial charge is 0.457 e. The zero-order valence-electron chi connectivity index (χ0n) is 15.5. The Morgan fingerprint density at radius 2 is 1.92 bits per heavy atom. The van der Waals surface area contributed by atoms with Gasteiger partial charge >= 0.3 is 5.97 Å². The summed E-state index contributed by atoms with van der Waals surface area (Å²) in [6.07, 6.45) is 4.96. The fraction of sp³-hybridized carbons (Fsp3) is 0.333. The van der Waals surface area contributed by atoms with Gasteiger partial charge in [-0.1, -0.05) is 18.2 Å². The average Bonchev–Trinajstić information content (AvgIpc) is 3.32. The van der Waals surface area contributed by atoms with Crippen LogP contribution in [0.4, 0.5) is 0 Å². The van der Waals surface area contributed by atoms with Crippen LogP contribution in [0.2, 0.25) is 0 Å². The second kappa shape index (κ2) is 6.48. The van der Waals surface area contributed by atoms with Crippen LogP contribution in [0.5, 0.6) is 0 Å². The Labute approximate surface area is 153 Å². The third-order valence-electron chi connectivity index (χ3n) is 5.21. The summed E-state index contributed by atoms with van der Waals surface area (Å²) in [7, 11) is 1.84. The van der Waals surface area contributed by atoms with Crippen LogP contribution in [0.15, 0.2) is 36.5 Å². The maximum absolute atomic E-state index is 12.8. The van der Waals surface area contributed by atoms with Crippen molar-refractivity contribution in [2.75, 3.05) is 0 Å². The first kappa shape index (κ1) is 16.6. The lowest BCUT2D eigenvalue weighted by molar-refractivity contribution is 0.0472. The van der Waals surface area contributed by atoms with Gasteiger partial charge in [-0.2, -0.15) is 5.10 Å². The molecule has 3 aromatic rings. The number of hydrogen-bond acceptors (Lipinski definition) is 3. The molecule has 0 unspecified atom stereocenters. The fourth-order valence-corrected chi connectivity index (χ4v) is 3.90. The summed E-state index contributed by atoms with van der Waals surface area (Å²) in [6, 6.07) is 10.3. The van der Waals surface area contributed by atoms with E-state index in [9.17, 15) is 4.79 Å². The van der Waals surface area contributed by atoms with E-state index in [1.165, 1.54) is 17.5 Å². The predicted molar refractivity (Wildman–Crippen MR) is 99.6 cm³/mol. The quantitative estimate of drug-likeness (QED) is 0.675. The summed E-state index contributed by atoms with van der Waals surface area (Å²) in [6.45, 7) is 4.34. The first-order chi connectivity index (χ1) is 12.6. The van der Waals surface area contributed by atoms with Crippen LogP contribution in [0.1, 0.15) is 44.9 Å². The van der Waals surface area contributed by atoms with E-state index in [0.717, 1.165) is 35.6 Å². The summed E-state index contributed by atoms with van der Waals surface area (Å²) in [5, 5.41) is 4.28. The summed E-state index contributed by atoms with van der Waals surface area (Å²) in [5.41, 5.74) is 6.46. The minimum absolute atomic E-state index is 0.306. The molecule has 0 spiro atoms. The van der Waals surface area contributed by atoms with Gasteiger partial charge in [0.2, 0.25) is 0 Å². The van der Waals surface area contributed by atoms with Gasteiger partial charge in [0.25, 0.3) is 0 Å². The van der Waals surface area contributed by atoms with Gasteiger partial charge in [-0.05, 0) is 61.9 Å². The van der Waals surface area contributed by atoms with Crippen molar-refractivity contribution in [2.24, 2.45) is 7.05 Å². The Morgan fingerprint density at radius 3 is 2.69 bits per heavy atom. The fourth-order valence-electron chi connectivity index (χ4n) is 3.90. The smallest absolute Gasteiger partial charge is 0.343 e. The van der Waals surface area contributed by atoms with Gasteiger partial charge in [-0.15, -0.1) is 0 Å². The zero-order valence-corrected chi connectivity index (χ0v) is 15.5. The van der Waals surface area contributed by atoms with Crippen molar-refractivity contribution in [3.63, 3.8) is 0 Å². The van der Waals surface area contributed by atoms with E-state index in [2.05, 4.69) is 23.3 Å². The Bertz CT molecular complexity index is 962. The van der Waals surface area contributed by atoms with Gasteiger partial charge in [0.15, 0.2) is 0 Å². The number of esters is 1. The standard InChI is InChI=1S/C21H23N3O2/c1-14-10-11-15(2)24(14)20-19(12-22-23(20)3)21(25)26-13-17-8-4-6-16-7-5-9-18(16)17/h4,6,8,10-12H,5,7,9,13H2,1-3H3. The molecule has 1 aromatic carbocycles. The van der Waals surface area contributed by atoms with Gasteiger partial charge in [-0.3, -0.25) is 4.68 Å². The van der Waals surface area contributed by atoms with Gasteiger partial charge in [0.1, 0.15) is 18.0 Å². The number of rotatable bonds is 4. The molecule has 5 nitrogen and oxygen atoms in total. The van der Waals surface area contributed by atoms with E-state index < -0.39 is 0 Å². The predicted octanol–water partition coefficient (Wildman–Crippen LogP) is 3.67. The Morgan fingerprint density at radius 1 is 1.15 bits per heavy atom. The van der Waals surface area contributed by atoms with Gasteiger partial charge in [-0.25, -0.2) is 4.79 Å². The van der Waals surface area contributed by atoms with Crippen molar-refractivity contribution in [1.29, 1.82) is 0 Å². The second-order valence-corrected chi connectivity index (χ2v) is 6.94. The van der Waals surface area contributed by atoms with Crippen molar-refractivity contribution in [1.82, 2.24) is 14.3 Å². The van der Waals surface area contributed by atoms with E-state index in [4.69, 9.17) is 4.74 Å². The van der Waals surface area contributed by atoms with Crippen molar-refractivity contribution < 1.29 is 9.53 Å². The van der Waals surface area contributed by atoms with Crippen LogP contribution < -0.4 is 0 Å². The minimum Gasteiger partial charge on any atom is -0.457 e. The van der Waals surface area contributed by atoms with E-state index in [-0.39, 0.29) is 5.97 Å². The Kier molecular flexibility index (Phi) is 4.15. The molecular formula is C21H23N3O2. The van der Waals surface area contributed by atoms with E-state index in [1.54, 1.807) is 10.9 Å². The molecule has 0 saturated heterocycles. The third kappa shape index (κ3) is 2.73. The van der Waals surface area contributed by atoms with Crippen LogP contribution in [0, 0.1) is 13.8 Å². The van der Waals surface area contributed by atoms with E-state index >= 15 is 0 Å². The maximum Gasteiger partial charge on any atom is 0.343 e. The average molecular weight is 349 g/mol. The number of carbonyl (C=O) groups excluding carboxylic acids is 1. The Hall–Kier alpha value is -2.82. The molecule has 1 aliphatic carbocycles. The molecule has 2 heterocycles. The zero-order chi connectivity index (χ0) is 18.3. The molecule has 4 rings (SSSR count). The van der Waals surface area contributed by atoms with E-state index in [1.807, 2.05) is 37.6 Å². The molecule has 0 radical (unpaired) electrons. The van der Waals surface area contributed by atoms with Gasteiger partial charge in [0, 0.05) is 18.4 Å². The molecule has 26 heavy (non-hydrogen) atoms. The van der Waals surface area contributed by atoms with Crippen molar-refractivity contribution in [3.05, 3.63) is 70.2 Å². The summed E-state index contributed by atoms with van der Waals surface area (Å²) < 4.78 is 9.42. The van der Waals surface area contributed by atoms with Crippen LogP contribution in [0.3, 0.4) is 0 Å². The number of nitrogens with zero attached hydrogens (tertiary/aromatic N) is 3. The number of ether oxygens (including phenoxy) is 1. The molecule has 0 saturated carbocycles. The van der Waals surface area contributed by atoms with Crippen LogP contribution in [-0.2, 0) is 31.2 Å². The first-order valence-electron chi connectivity index (χ1n) is 9.00. The molecular weight excluding hydrogens is 326 g/mol. The van der Waals surface area contributed by atoms with E-state index in [0.29, 0.717) is 12.2 Å². The third-order valence-corrected chi connectivity index (χ3v) is 5.21. The monoisotopic (exact) mass is 349 g/mol. The highest BCUT2D eigenvalue weighted by molar-refractivity contribution is 5.92. The number of carbonyl (C=O) groups is 1. The van der Waals surface area contributed by atoms with Crippen molar-refractivity contribution in [2.45, 2.75) is 39.7 Å². The topological polar surface area (TPSA) is 49.1 Å². The van der Waals surface area contributed by atoms with Crippen molar-refractivity contribution in [3.8, 4) is 5.82 Å². The second-order valence-electron chi connectivity index (χ2n) is 6.94. The van der Waals surface area contributed by atoms with Crippen LogP contribution in [0.25, 0.3) is 5.82 Å². The molecule has 134 valence electrons. The summed E-state index contributed by atoms with van der Waals surface area (Å²) in [5.74, 6) is 0.407. The van der Waals surface area contributed by atoms with Gasteiger partial charge in [0.05, 0.1) is 6.20 Å².